The third-order valence-corrected chi connectivity index (χ3v) is 20.0. The molecule has 0 radical (unpaired) electrons. The molecule has 5 nitrogen and oxygen atoms in total. The molecule has 0 amide bonds. The number of aliphatic hydroxyl groups excluding tert-OH is 1. The van der Waals surface area contributed by atoms with Crippen LogP contribution in [0.15, 0.2) is 0 Å². The molecule has 4 rings (SSSR count). The number of carboxylic acid groups (broad SMARTS) is 1. The van der Waals surface area contributed by atoms with E-state index in [1.165, 1.54) is 167 Å². The molecular weight excluding hydrogens is 799 g/mol. The van der Waals surface area contributed by atoms with Gasteiger partial charge in [-0.25, -0.2) is 0 Å². The van der Waals surface area contributed by atoms with Crippen molar-refractivity contribution in [2.24, 2.45) is 101 Å². The second-order valence-corrected chi connectivity index (χ2v) is 25.6. The molecule has 16 unspecified atom stereocenters. The van der Waals surface area contributed by atoms with E-state index in [-0.39, 0.29) is 18.6 Å². The van der Waals surface area contributed by atoms with Crippen LogP contribution in [0.5, 0.6) is 0 Å². The van der Waals surface area contributed by atoms with Gasteiger partial charge >= 0.3 is 5.97 Å². The molecule has 0 heterocycles. The molecule has 3 N–H and O–H groups in total. The topological polar surface area (TPSA) is 78.8 Å². The van der Waals surface area contributed by atoms with E-state index in [0.717, 1.165) is 102 Å². The zero-order chi connectivity index (χ0) is 47.3. The van der Waals surface area contributed by atoms with Crippen molar-refractivity contribution in [2.45, 2.75) is 255 Å². The van der Waals surface area contributed by atoms with Crippen LogP contribution < -0.4 is 5.32 Å². The van der Waals surface area contributed by atoms with E-state index in [0.29, 0.717) is 18.6 Å². The summed E-state index contributed by atoms with van der Waals surface area (Å²) in [6.07, 6.45) is 40.7. The van der Waals surface area contributed by atoms with Gasteiger partial charge < -0.3 is 20.3 Å². The van der Waals surface area contributed by atoms with Crippen LogP contribution in [0.1, 0.15) is 249 Å². The molecule has 5 heteroatoms. The average Bonchev–Trinajstić information content (AvgIpc) is 4.12. The standard InChI is InChI=1S/C60H113NO4/c1-42(2)53(30-24-52-28-34-57(39-52)59(43(3)4)60(63)64)29-21-48(9)55-31-25-49(36-55)15-13-11-12-14-46(7)54-32-26-50(37-54)22-17-44(5)16-20-47(8)56-33-27-51(38-56)23-18-45(6)19-35-58(61-10)40-65-41-62/h42-59,61-62H,11-41H2,1-10H3,(H,63,64). The summed E-state index contributed by atoms with van der Waals surface area (Å²) >= 11 is 0. The summed E-state index contributed by atoms with van der Waals surface area (Å²) in [7, 11) is 2.00. The highest BCUT2D eigenvalue weighted by Gasteiger charge is 2.37. The summed E-state index contributed by atoms with van der Waals surface area (Å²) in [6, 6.07) is 0.353. The summed E-state index contributed by atoms with van der Waals surface area (Å²) in [4.78, 5) is 11.9. The van der Waals surface area contributed by atoms with Gasteiger partial charge in [-0.1, -0.05) is 171 Å². The number of nitrogens with one attached hydrogen (secondary N) is 1. The number of hydrogen-bond acceptors (Lipinski definition) is 4. The molecule has 4 fully saturated rings. The smallest absolute Gasteiger partial charge is 0.307 e. The maximum absolute atomic E-state index is 11.9. The van der Waals surface area contributed by atoms with Gasteiger partial charge in [-0.15, -0.1) is 0 Å². The van der Waals surface area contributed by atoms with Crippen LogP contribution in [0, 0.1) is 101 Å². The predicted octanol–water partition coefficient (Wildman–Crippen LogP) is 16.6. The van der Waals surface area contributed by atoms with Crippen LogP contribution in [0.2, 0.25) is 0 Å². The highest BCUT2D eigenvalue weighted by Crippen LogP contribution is 2.45. The normalized spacial score (nSPS) is 29.9. The maximum atomic E-state index is 11.9. The molecule has 16 atom stereocenters. The second kappa shape index (κ2) is 30.8. The molecule has 0 bridgehead atoms. The molecule has 382 valence electrons. The fourth-order valence-electron chi connectivity index (χ4n) is 14.8. The number of aliphatic carboxylic acids is 1. The Morgan fingerprint density at radius 1 is 0.508 bits per heavy atom. The van der Waals surface area contributed by atoms with Gasteiger partial charge in [0.1, 0.15) is 6.79 Å². The van der Waals surface area contributed by atoms with E-state index in [4.69, 9.17) is 9.84 Å². The zero-order valence-electron chi connectivity index (χ0n) is 45.0. The van der Waals surface area contributed by atoms with Gasteiger partial charge in [0.05, 0.1) is 12.5 Å². The minimum Gasteiger partial charge on any atom is -0.481 e. The van der Waals surface area contributed by atoms with Crippen molar-refractivity contribution in [3.8, 4) is 0 Å². The van der Waals surface area contributed by atoms with Crippen LogP contribution >= 0.6 is 0 Å². The number of hydrogen-bond donors (Lipinski definition) is 3. The SMILES string of the molecule is CNC(CCC(C)CCC1CCC(C(C)CCC(C)CCC2CCC(C(C)CCCCCC3CCC(C(C)CCC(CCC4CCC(C(C(=O)O)C(C)C)C4)C(C)C)C3)C2)C1)COCO. The minimum absolute atomic E-state index is 0.151. The Morgan fingerprint density at radius 3 is 1.46 bits per heavy atom. The lowest BCUT2D eigenvalue weighted by molar-refractivity contribution is -0.145. The van der Waals surface area contributed by atoms with E-state index in [1.807, 2.05) is 7.05 Å². The average molecular weight is 913 g/mol. The fourth-order valence-corrected chi connectivity index (χ4v) is 14.8. The Hall–Kier alpha value is -0.650. The van der Waals surface area contributed by atoms with Crippen molar-refractivity contribution >= 4 is 5.97 Å². The van der Waals surface area contributed by atoms with Crippen LogP contribution in [0.3, 0.4) is 0 Å². The molecule has 0 aromatic carbocycles. The molecule has 0 spiro atoms. The third kappa shape index (κ3) is 20.7. The van der Waals surface area contributed by atoms with E-state index in [1.54, 1.807) is 0 Å². The summed E-state index contributed by atoms with van der Waals surface area (Å²) in [5.41, 5.74) is 0. The monoisotopic (exact) mass is 912 g/mol. The number of ether oxygens (including phenoxy) is 1. The highest BCUT2D eigenvalue weighted by atomic mass is 16.6. The van der Waals surface area contributed by atoms with Gasteiger partial charge in [0.15, 0.2) is 0 Å². The van der Waals surface area contributed by atoms with Crippen molar-refractivity contribution in [3.63, 3.8) is 0 Å². The van der Waals surface area contributed by atoms with Crippen LogP contribution in [-0.4, -0.2) is 42.7 Å². The highest BCUT2D eigenvalue weighted by molar-refractivity contribution is 5.70. The molecule has 4 aliphatic rings. The Morgan fingerprint density at radius 2 is 0.969 bits per heavy atom. The van der Waals surface area contributed by atoms with Crippen molar-refractivity contribution in [2.75, 3.05) is 20.4 Å². The lowest BCUT2D eigenvalue weighted by Gasteiger charge is -2.27. The number of likely N-dealkylation sites (N-methyl/N-ethyl adjacent to an activating group) is 1. The van der Waals surface area contributed by atoms with Crippen molar-refractivity contribution in [1.29, 1.82) is 0 Å². The van der Waals surface area contributed by atoms with Gasteiger partial charge in [-0.3, -0.25) is 4.79 Å². The first kappa shape index (κ1) is 56.9. The molecule has 0 aromatic rings. The third-order valence-electron chi connectivity index (χ3n) is 20.0. The van der Waals surface area contributed by atoms with E-state index in [2.05, 4.69) is 67.6 Å². The molecule has 65 heavy (non-hydrogen) atoms. The molecule has 0 saturated heterocycles. The van der Waals surface area contributed by atoms with E-state index < -0.39 is 5.97 Å². The van der Waals surface area contributed by atoms with Crippen LogP contribution in [0.25, 0.3) is 0 Å². The minimum atomic E-state index is -0.567. The summed E-state index contributed by atoms with van der Waals surface area (Å²) in [5.74, 6) is 12.5. The number of carboxylic acids is 1. The summed E-state index contributed by atoms with van der Waals surface area (Å²) in [5, 5.41) is 22.1. The second-order valence-electron chi connectivity index (χ2n) is 25.6. The lowest BCUT2D eigenvalue weighted by Crippen LogP contribution is -2.31. The largest absolute Gasteiger partial charge is 0.481 e. The van der Waals surface area contributed by atoms with E-state index in [9.17, 15) is 9.90 Å². The maximum Gasteiger partial charge on any atom is 0.307 e. The lowest BCUT2D eigenvalue weighted by atomic mass is 9.79. The molecule has 0 aliphatic heterocycles. The number of carbonyl (C=O) groups is 1. The first-order valence-corrected chi connectivity index (χ1v) is 29.3. The van der Waals surface area contributed by atoms with Crippen LogP contribution in [-0.2, 0) is 9.53 Å². The number of rotatable bonds is 35. The van der Waals surface area contributed by atoms with Gasteiger partial charge in [-0.2, -0.15) is 0 Å². The Bertz CT molecular complexity index is 1240. The Kier molecular flexibility index (Phi) is 27.0. The van der Waals surface area contributed by atoms with E-state index >= 15 is 0 Å². The Balaban J connectivity index is 0.988. The zero-order valence-corrected chi connectivity index (χ0v) is 45.0. The molecule has 4 saturated carbocycles. The van der Waals surface area contributed by atoms with Gasteiger partial charge in [-0.05, 0) is 179 Å². The van der Waals surface area contributed by atoms with Gasteiger partial charge in [0, 0.05) is 6.04 Å². The van der Waals surface area contributed by atoms with Crippen molar-refractivity contribution in [3.05, 3.63) is 0 Å². The first-order chi connectivity index (χ1) is 31.2. The summed E-state index contributed by atoms with van der Waals surface area (Å²) in [6.45, 7) is 22.3. The quantitative estimate of drug-likeness (QED) is 0.0436. The molecule has 4 aliphatic carbocycles. The number of aliphatic hydroxyl groups is 1. The molecular formula is C60H113NO4. The first-order valence-electron chi connectivity index (χ1n) is 29.3. The number of unbranched alkanes of at least 4 members (excludes halogenated alkanes) is 2. The predicted molar refractivity (Wildman–Crippen MR) is 278 cm³/mol. The van der Waals surface area contributed by atoms with Crippen molar-refractivity contribution in [1.82, 2.24) is 5.32 Å². The molecule has 0 aromatic heterocycles. The fraction of sp³-hybridized carbons (Fsp3) is 0.983. The van der Waals surface area contributed by atoms with Crippen LogP contribution in [0.4, 0.5) is 0 Å². The summed E-state index contributed by atoms with van der Waals surface area (Å²) < 4.78 is 5.22. The van der Waals surface area contributed by atoms with Gasteiger partial charge in [0.25, 0.3) is 0 Å². The van der Waals surface area contributed by atoms with Gasteiger partial charge in [0.2, 0.25) is 0 Å². The Labute approximate surface area is 405 Å². The van der Waals surface area contributed by atoms with Crippen molar-refractivity contribution < 1.29 is 19.7 Å².